The summed E-state index contributed by atoms with van der Waals surface area (Å²) in [6.45, 7) is 5.47. The van der Waals surface area contributed by atoms with Gasteiger partial charge >= 0.3 is 11.9 Å². The molecule has 37 heavy (non-hydrogen) atoms. The Kier molecular flexibility index (Phi) is 10.6. The van der Waals surface area contributed by atoms with Gasteiger partial charge in [0.1, 0.15) is 31.2 Å². The van der Waals surface area contributed by atoms with E-state index in [-0.39, 0.29) is 13.4 Å². The van der Waals surface area contributed by atoms with E-state index < -0.39 is 42.1 Å². The highest BCUT2D eigenvalue weighted by Crippen LogP contribution is 2.39. The van der Waals surface area contributed by atoms with Crippen molar-refractivity contribution >= 4 is 18.0 Å². The van der Waals surface area contributed by atoms with Crippen LogP contribution in [0, 0.1) is 0 Å². The van der Waals surface area contributed by atoms with Crippen LogP contribution in [0.3, 0.4) is 0 Å². The van der Waals surface area contributed by atoms with E-state index in [4.69, 9.17) is 28.4 Å². The average molecular weight is 511 g/mol. The van der Waals surface area contributed by atoms with Crippen LogP contribution in [-0.4, -0.2) is 56.5 Å². The Hall–Kier alpha value is -3.30. The van der Waals surface area contributed by atoms with Crippen LogP contribution in [0.25, 0.3) is 6.08 Å². The van der Waals surface area contributed by atoms with Crippen molar-refractivity contribution in [2.24, 2.45) is 0 Å². The molecule has 0 aromatic heterocycles. The maximum Gasteiger partial charge on any atom is 0.331 e. The fourth-order valence-corrected chi connectivity index (χ4v) is 3.95. The second kappa shape index (κ2) is 13.9. The van der Waals surface area contributed by atoms with Crippen LogP contribution < -0.4 is 0 Å². The Morgan fingerprint density at radius 2 is 1.59 bits per heavy atom. The van der Waals surface area contributed by atoms with Gasteiger partial charge in [-0.25, -0.2) is 9.59 Å². The molecule has 2 aromatic carbocycles. The summed E-state index contributed by atoms with van der Waals surface area (Å²) in [5.74, 6) is -2.18. The summed E-state index contributed by atoms with van der Waals surface area (Å²) >= 11 is 0. The number of benzene rings is 2. The van der Waals surface area contributed by atoms with Crippen molar-refractivity contribution in [2.75, 3.05) is 20.5 Å². The fraction of sp³-hybridized carbons (Fsp3) is 0.379. The summed E-state index contributed by atoms with van der Waals surface area (Å²) in [7, 11) is 1.53. The third kappa shape index (κ3) is 8.65. The van der Waals surface area contributed by atoms with E-state index in [0.29, 0.717) is 0 Å². The number of carbonyl (C=O) groups is 2. The SMILES string of the molecule is CCOC(=O)/C=C/[C@H](OC(=O)/C=C/c1ccccc1)[C@H]1OC(C)(C)O[C@@H]1[C@H](OCOC)c1ccccc1. The minimum Gasteiger partial charge on any atom is -0.463 e. The van der Waals surface area contributed by atoms with Gasteiger partial charge in [-0.05, 0) is 44.1 Å². The Labute approximate surface area is 217 Å². The first-order chi connectivity index (χ1) is 17.8. The molecule has 0 bridgehead atoms. The second-order valence-electron chi connectivity index (χ2n) is 8.73. The molecule has 1 heterocycles. The normalized spacial score (nSPS) is 20.6. The van der Waals surface area contributed by atoms with E-state index in [0.717, 1.165) is 11.1 Å². The van der Waals surface area contributed by atoms with Crippen LogP contribution in [-0.2, 0) is 38.0 Å². The van der Waals surface area contributed by atoms with Crippen LogP contribution >= 0.6 is 0 Å². The van der Waals surface area contributed by atoms with Crippen molar-refractivity contribution in [3.05, 3.63) is 90.0 Å². The molecule has 1 aliphatic rings. The number of hydrogen-bond donors (Lipinski definition) is 0. The standard InChI is InChI=1S/C29H34O8/c1-5-33-24(30)19-17-23(35-25(31)18-16-21-12-8-6-9-13-21)27-28(37-29(2,3)36-27)26(34-20-32-4)22-14-10-7-11-15-22/h6-19,23,26-28H,5,20H2,1-4H3/b18-16+,19-17+/t23-,26+,27+,28+/m0/s1. The summed E-state index contributed by atoms with van der Waals surface area (Å²) in [5, 5.41) is 0. The van der Waals surface area contributed by atoms with Gasteiger partial charge in [0.25, 0.3) is 0 Å². The molecule has 0 N–H and O–H groups in total. The summed E-state index contributed by atoms with van der Waals surface area (Å²) in [6, 6.07) is 18.9. The highest BCUT2D eigenvalue weighted by molar-refractivity contribution is 5.87. The predicted molar refractivity (Wildman–Crippen MR) is 137 cm³/mol. The zero-order valence-corrected chi connectivity index (χ0v) is 21.6. The van der Waals surface area contributed by atoms with Crippen molar-refractivity contribution in [3.63, 3.8) is 0 Å². The molecular weight excluding hydrogens is 476 g/mol. The van der Waals surface area contributed by atoms with Crippen molar-refractivity contribution < 1.29 is 38.0 Å². The fourth-order valence-electron chi connectivity index (χ4n) is 3.95. The van der Waals surface area contributed by atoms with Crippen LogP contribution in [0.1, 0.15) is 38.0 Å². The van der Waals surface area contributed by atoms with E-state index in [1.165, 1.54) is 25.3 Å². The van der Waals surface area contributed by atoms with Crippen LogP contribution in [0.4, 0.5) is 0 Å². The van der Waals surface area contributed by atoms with Gasteiger partial charge in [-0.3, -0.25) is 0 Å². The molecule has 4 atom stereocenters. The van der Waals surface area contributed by atoms with Crippen molar-refractivity contribution in [1.82, 2.24) is 0 Å². The average Bonchev–Trinajstić information content (AvgIpc) is 3.21. The van der Waals surface area contributed by atoms with Crippen molar-refractivity contribution in [2.45, 2.75) is 51.0 Å². The third-order valence-corrected chi connectivity index (χ3v) is 5.45. The minimum atomic E-state index is -1.01. The van der Waals surface area contributed by atoms with E-state index in [9.17, 15) is 9.59 Å². The zero-order valence-electron chi connectivity index (χ0n) is 21.6. The van der Waals surface area contributed by atoms with Gasteiger partial charge in [0, 0.05) is 19.3 Å². The molecule has 8 heteroatoms. The summed E-state index contributed by atoms with van der Waals surface area (Å²) < 4.78 is 34.4. The minimum absolute atomic E-state index is 0.00943. The van der Waals surface area contributed by atoms with Crippen LogP contribution in [0.15, 0.2) is 78.9 Å². The molecule has 0 aliphatic carbocycles. The molecular formula is C29H34O8. The van der Waals surface area contributed by atoms with E-state index >= 15 is 0 Å². The molecule has 3 rings (SSSR count). The maximum atomic E-state index is 12.8. The molecule has 0 saturated carbocycles. The van der Waals surface area contributed by atoms with Gasteiger partial charge in [0.2, 0.25) is 0 Å². The lowest BCUT2D eigenvalue weighted by molar-refractivity contribution is -0.173. The predicted octanol–water partition coefficient (Wildman–Crippen LogP) is 4.61. The zero-order chi connectivity index (χ0) is 26.7. The number of hydrogen-bond acceptors (Lipinski definition) is 8. The Balaban J connectivity index is 1.91. The molecule has 8 nitrogen and oxygen atoms in total. The maximum absolute atomic E-state index is 12.8. The first-order valence-corrected chi connectivity index (χ1v) is 12.1. The first-order valence-electron chi connectivity index (χ1n) is 12.1. The van der Waals surface area contributed by atoms with E-state index in [1.54, 1.807) is 26.8 Å². The largest absolute Gasteiger partial charge is 0.463 e. The van der Waals surface area contributed by atoms with E-state index in [2.05, 4.69) is 0 Å². The smallest absolute Gasteiger partial charge is 0.331 e. The summed E-state index contributed by atoms with van der Waals surface area (Å²) in [6.07, 6.45) is 2.55. The molecule has 0 spiro atoms. The topological polar surface area (TPSA) is 89.5 Å². The number of rotatable bonds is 12. The number of methoxy groups -OCH3 is 1. The van der Waals surface area contributed by atoms with Crippen LogP contribution in [0.2, 0.25) is 0 Å². The Morgan fingerprint density at radius 3 is 2.24 bits per heavy atom. The van der Waals surface area contributed by atoms with Crippen LogP contribution in [0.5, 0.6) is 0 Å². The lowest BCUT2D eigenvalue weighted by Crippen LogP contribution is -2.41. The molecule has 198 valence electrons. The summed E-state index contributed by atoms with van der Waals surface area (Å²) in [5.41, 5.74) is 1.67. The Morgan fingerprint density at radius 1 is 0.946 bits per heavy atom. The van der Waals surface area contributed by atoms with Crippen molar-refractivity contribution in [3.8, 4) is 0 Å². The summed E-state index contributed by atoms with van der Waals surface area (Å²) in [4.78, 5) is 24.9. The lowest BCUT2D eigenvalue weighted by Gasteiger charge is -2.29. The van der Waals surface area contributed by atoms with Crippen molar-refractivity contribution in [1.29, 1.82) is 0 Å². The molecule has 0 radical (unpaired) electrons. The highest BCUT2D eigenvalue weighted by atomic mass is 16.8. The monoisotopic (exact) mass is 510 g/mol. The molecule has 1 saturated heterocycles. The Bertz CT molecular complexity index is 1050. The second-order valence-corrected chi connectivity index (χ2v) is 8.73. The quantitative estimate of drug-likeness (QED) is 0.232. The lowest BCUT2D eigenvalue weighted by atomic mass is 9.96. The van der Waals surface area contributed by atoms with Gasteiger partial charge < -0.3 is 28.4 Å². The number of ether oxygens (including phenoxy) is 6. The number of esters is 2. The molecule has 1 aliphatic heterocycles. The highest BCUT2D eigenvalue weighted by Gasteiger charge is 2.50. The molecule has 0 unspecified atom stereocenters. The van der Waals surface area contributed by atoms with Gasteiger partial charge in [-0.2, -0.15) is 0 Å². The first kappa shape index (κ1) is 28.3. The van der Waals surface area contributed by atoms with E-state index in [1.807, 2.05) is 60.7 Å². The number of carbonyl (C=O) groups excluding carboxylic acids is 2. The van der Waals surface area contributed by atoms with Gasteiger partial charge in [-0.1, -0.05) is 60.7 Å². The van der Waals surface area contributed by atoms with Gasteiger partial charge in [0.15, 0.2) is 5.79 Å². The third-order valence-electron chi connectivity index (χ3n) is 5.45. The molecule has 0 amide bonds. The molecule has 2 aromatic rings. The van der Waals surface area contributed by atoms with Gasteiger partial charge in [-0.15, -0.1) is 0 Å². The van der Waals surface area contributed by atoms with Gasteiger partial charge in [0.05, 0.1) is 6.61 Å². The molecule has 1 fully saturated rings.